The van der Waals surface area contributed by atoms with Crippen LogP contribution in [0.15, 0.2) is 17.9 Å². The number of H-pyrrole nitrogens is 1. The Bertz CT molecular complexity index is 749. The third kappa shape index (κ3) is 1.86. The molecule has 3 aromatic rings. The Morgan fingerprint density at radius 2 is 2.26 bits per heavy atom. The fourth-order valence-corrected chi connectivity index (χ4v) is 2.72. The molecule has 3 N–H and O–H groups in total. The molecule has 19 heavy (non-hydrogen) atoms. The highest BCUT2D eigenvalue weighted by molar-refractivity contribution is 7.18. The van der Waals surface area contributed by atoms with Crippen LogP contribution < -0.4 is 10.9 Å². The molecule has 0 spiro atoms. The molecule has 0 bridgehead atoms. The quantitative estimate of drug-likeness (QED) is 0.427. The summed E-state index contributed by atoms with van der Waals surface area (Å²) in [7, 11) is 0. The molecule has 0 radical (unpaired) electrons. The van der Waals surface area contributed by atoms with Crippen molar-refractivity contribution < 1.29 is 4.79 Å². The maximum atomic E-state index is 10.6. The molecular formula is C11H10N6OS. The molecule has 0 amide bonds. The number of aromatic amines is 1. The summed E-state index contributed by atoms with van der Waals surface area (Å²) in [6.07, 6.45) is 3.55. The molecule has 3 rings (SSSR count). The zero-order chi connectivity index (χ0) is 13.4. The number of anilines is 2. The fourth-order valence-electron chi connectivity index (χ4n) is 1.74. The number of nitrogens with one attached hydrogen (secondary N) is 1. The number of carbonyl (C=O) groups excluding carboxylic acids is 1. The second kappa shape index (κ2) is 4.41. The lowest BCUT2D eigenvalue weighted by molar-refractivity contribution is 0.111. The second-order valence-corrected chi connectivity index (χ2v) is 4.82. The number of aryl methyl sites for hydroxylation is 1. The minimum atomic E-state index is 0.355. The smallest absolute Gasteiger partial charge is 0.224 e. The van der Waals surface area contributed by atoms with E-state index in [0.29, 0.717) is 23.7 Å². The van der Waals surface area contributed by atoms with Crippen LogP contribution in [-0.2, 0) is 0 Å². The average Bonchev–Trinajstić information content (AvgIpc) is 3.05. The Labute approximate surface area is 112 Å². The van der Waals surface area contributed by atoms with Crippen molar-refractivity contribution in [3.05, 3.63) is 29.2 Å². The Balaban J connectivity index is 2.10. The van der Waals surface area contributed by atoms with E-state index < -0.39 is 0 Å². The van der Waals surface area contributed by atoms with E-state index in [-0.39, 0.29) is 0 Å². The van der Waals surface area contributed by atoms with E-state index in [1.165, 1.54) is 28.9 Å². The third-order valence-electron chi connectivity index (χ3n) is 2.68. The van der Waals surface area contributed by atoms with E-state index in [0.717, 1.165) is 15.8 Å². The van der Waals surface area contributed by atoms with Crippen molar-refractivity contribution in [3.63, 3.8) is 0 Å². The van der Waals surface area contributed by atoms with E-state index in [2.05, 4.69) is 19.9 Å². The summed E-state index contributed by atoms with van der Waals surface area (Å²) in [5, 5.41) is 3.31. The second-order valence-electron chi connectivity index (χ2n) is 3.94. The Hall–Kier alpha value is -2.32. The first-order valence-electron chi connectivity index (χ1n) is 5.44. The van der Waals surface area contributed by atoms with Gasteiger partial charge in [0.2, 0.25) is 5.95 Å². The summed E-state index contributed by atoms with van der Waals surface area (Å²) in [5.41, 5.74) is 2.30. The van der Waals surface area contributed by atoms with Crippen LogP contribution in [0.2, 0.25) is 0 Å². The molecule has 3 aromatic heterocycles. The standard InChI is InChI=1S/C11H10N6OS/c1-6-4-19-9-8(6)14-5-15-10(9)17(12)11-13-2-7(3-18)16-11/h2-5H,12H2,1H3,(H,13,16). The normalized spacial score (nSPS) is 10.8. The third-order valence-corrected chi connectivity index (χ3v) is 3.76. The van der Waals surface area contributed by atoms with Gasteiger partial charge in [0.25, 0.3) is 0 Å². The number of hydrazine groups is 1. The van der Waals surface area contributed by atoms with Gasteiger partial charge in [-0.1, -0.05) is 0 Å². The molecular weight excluding hydrogens is 264 g/mol. The van der Waals surface area contributed by atoms with Gasteiger partial charge >= 0.3 is 0 Å². The van der Waals surface area contributed by atoms with E-state index in [9.17, 15) is 4.79 Å². The van der Waals surface area contributed by atoms with Crippen LogP contribution >= 0.6 is 11.3 Å². The van der Waals surface area contributed by atoms with Crippen LogP contribution in [0.3, 0.4) is 0 Å². The lowest BCUT2D eigenvalue weighted by Gasteiger charge is -2.14. The Morgan fingerprint density at radius 3 is 3.00 bits per heavy atom. The molecule has 96 valence electrons. The molecule has 0 saturated carbocycles. The van der Waals surface area contributed by atoms with Crippen molar-refractivity contribution in [2.24, 2.45) is 5.84 Å². The van der Waals surface area contributed by atoms with Crippen molar-refractivity contribution in [1.29, 1.82) is 0 Å². The number of aromatic nitrogens is 4. The van der Waals surface area contributed by atoms with Crippen LogP contribution in [0.1, 0.15) is 16.1 Å². The van der Waals surface area contributed by atoms with Gasteiger partial charge in [0.15, 0.2) is 12.1 Å². The van der Waals surface area contributed by atoms with Gasteiger partial charge in [-0.15, -0.1) is 11.3 Å². The molecule has 0 saturated heterocycles. The summed E-state index contributed by atoms with van der Waals surface area (Å²) in [6, 6.07) is 0. The van der Waals surface area contributed by atoms with Gasteiger partial charge in [0.1, 0.15) is 6.33 Å². The van der Waals surface area contributed by atoms with E-state index >= 15 is 0 Å². The maximum absolute atomic E-state index is 10.6. The number of rotatable bonds is 3. The maximum Gasteiger partial charge on any atom is 0.224 e. The van der Waals surface area contributed by atoms with Gasteiger partial charge in [-0.25, -0.2) is 25.8 Å². The van der Waals surface area contributed by atoms with E-state index in [1.807, 2.05) is 12.3 Å². The number of nitrogens with two attached hydrogens (primary N) is 1. The number of hydrogen-bond donors (Lipinski definition) is 2. The Kier molecular flexibility index (Phi) is 2.73. The van der Waals surface area contributed by atoms with Gasteiger partial charge in [-0.3, -0.25) is 4.79 Å². The van der Waals surface area contributed by atoms with Crippen molar-refractivity contribution in [3.8, 4) is 0 Å². The van der Waals surface area contributed by atoms with Crippen LogP contribution in [0.5, 0.6) is 0 Å². The average molecular weight is 274 g/mol. The number of carbonyl (C=O) groups is 1. The number of thiophene rings is 1. The van der Waals surface area contributed by atoms with Gasteiger partial charge in [-0.05, 0) is 17.9 Å². The molecule has 3 heterocycles. The largest absolute Gasteiger partial charge is 0.320 e. The van der Waals surface area contributed by atoms with Crippen molar-refractivity contribution in [2.75, 3.05) is 5.01 Å². The molecule has 0 fully saturated rings. The number of fused-ring (bicyclic) bond motifs is 1. The molecule has 0 aliphatic carbocycles. The molecule has 0 atom stereocenters. The Morgan fingerprint density at radius 1 is 1.42 bits per heavy atom. The van der Waals surface area contributed by atoms with Crippen molar-refractivity contribution in [1.82, 2.24) is 19.9 Å². The molecule has 7 nitrogen and oxygen atoms in total. The minimum Gasteiger partial charge on any atom is -0.320 e. The number of hydrogen-bond acceptors (Lipinski definition) is 7. The minimum absolute atomic E-state index is 0.355. The SMILES string of the molecule is Cc1csc2c(N(N)c3ncc(C=O)[nH]3)ncnc12. The first-order chi connectivity index (χ1) is 9.20. The zero-order valence-corrected chi connectivity index (χ0v) is 10.8. The van der Waals surface area contributed by atoms with Crippen LogP contribution in [-0.4, -0.2) is 26.2 Å². The predicted molar refractivity (Wildman–Crippen MR) is 72.5 cm³/mol. The highest BCUT2D eigenvalue weighted by atomic mass is 32.1. The lowest BCUT2D eigenvalue weighted by Crippen LogP contribution is -2.27. The van der Waals surface area contributed by atoms with Crippen molar-refractivity contribution >= 4 is 39.6 Å². The lowest BCUT2D eigenvalue weighted by atomic mass is 10.3. The fraction of sp³-hybridized carbons (Fsp3) is 0.0909. The van der Waals surface area contributed by atoms with Crippen LogP contribution in [0, 0.1) is 6.92 Å². The molecule has 8 heteroatoms. The molecule has 0 unspecified atom stereocenters. The highest BCUT2D eigenvalue weighted by Gasteiger charge is 2.16. The highest BCUT2D eigenvalue weighted by Crippen LogP contribution is 2.31. The number of aldehydes is 1. The van der Waals surface area contributed by atoms with E-state index in [1.54, 1.807) is 0 Å². The van der Waals surface area contributed by atoms with Crippen molar-refractivity contribution in [2.45, 2.75) is 6.92 Å². The monoisotopic (exact) mass is 274 g/mol. The van der Waals surface area contributed by atoms with E-state index in [4.69, 9.17) is 5.84 Å². The molecule has 0 aromatic carbocycles. The van der Waals surface area contributed by atoms with Gasteiger partial charge in [-0.2, -0.15) is 0 Å². The first kappa shape index (κ1) is 11.8. The van der Waals surface area contributed by atoms with Gasteiger partial charge < -0.3 is 4.98 Å². The molecule has 0 aliphatic rings. The predicted octanol–water partition coefficient (Wildman–Crippen LogP) is 1.55. The summed E-state index contributed by atoms with van der Waals surface area (Å²) in [4.78, 5) is 25.9. The topological polar surface area (TPSA) is 101 Å². The number of imidazole rings is 1. The summed E-state index contributed by atoms with van der Waals surface area (Å²) in [5.74, 6) is 6.91. The molecule has 0 aliphatic heterocycles. The van der Waals surface area contributed by atoms with Crippen LogP contribution in [0.25, 0.3) is 10.2 Å². The summed E-state index contributed by atoms with van der Waals surface area (Å²) in [6.45, 7) is 1.98. The van der Waals surface area contributed by atoms with Gasteiger partial charge in [0, 0.05) is 0 Å². The number of nitrogens with zero attached hydrogens (tertiary/aromatic N) is 4. The first-order valence-corrected chi connectivity index (χ1v) is 6.32. The van der Waals surface area contributed by atoms with Crippen LogP contribution in [0.4, 0.5) is 11.8 Å². The summed E-state index contributed by atoms with van der Waals surface area (Å²) >= 11 is 1.52. The zero-order valence-electron chi connectivity index (χ0n) is 9.99. The summed E-state index contributed by atoms with van der Waals surface area (Å²) < 4.78 is 0.881. The van der Waals surface area contributed by atoms with Gasteiger partial charge in [0.05, 0.1) is 22.1 Å².